The molecule has 19 heavy (non-hydrogen) atoms. The number of amides is 1. The predicted molar refractivity (Wildman–Crippen MR) is 79.8 cm³/mol. The average Bonchev–Trinajstić information content (AvgIpc) is 2.42. The second-order valence-corrected chi connectivity index (χ2v) is 5.64. The molecule has 1 aliphatic rings. The van der Waals surface area contributed by atoms with E-state index in [4.69, 9.17) is 22.7 Å². The molecule has 1 aliphatic heterocycles. The lowest BCUT2D eigenvalue weighted by molar-refractivity contribution is -0.126. The number of carbonyl (C=O) groups is 1. The van der Waals surface area contributed by atoms with Crippen molar-refractivity contribution in [3.05, 3.63) is 22.8 Å². The first-order chi connectivity index (χ1) is 9.06. The number of hydrogen-bond donors (Lipinski definition) is 2. The van der Waals surface area contributed by atoms with Crippen LogP contribution in [0.5, 0.6) is 0 Å². The van der Waals surface area contributed by atoms with E-state index in [0.717, 1.165) is 0 Å². The van der Waals surface area contributed by atoms with Crippen LogP contribution >= 0.6 is 28.1 Å². The molecule has 0 aromatic carbocycles. The van der Waals surface area contributed by atoms with Crippen LogP contribution in [0.15, 0.2) is 22.8 Å². The van der Waals surface area contributed by atoms with E-state index < -0.39 is 5.41 Å². The van der Waals surface area contributed by atoms with Crippen LogP contribution in [0, 0.1) is 5.41 Å². The van der Waals surface area contributed by atoms with Crippen LogP contribution in [-0.4, -0.2) is 29.1 Å². The first-order valence-corrected chi connectivity index (χ1v) is 7.06. The van der Waals surface area contributed by atoms with Crippen molar-refractivity contribution in [3.63, 3.8) is 0 Å². The predicted octanol–water partition coefficient (Wildman–Crippen LogP) is 1.87. The van der Waals surface area contributed by atoms with E-state index in [1.165, 1.54) is 0 Å². The summed E-state index contributed by atoms with van der Waals surface area (Å²) in [5, 5.41) is 2.78. The van der Waals surface area contributed by atoms with E-state index in [2.05, 4.69) is 26.2 Å². The number of nitrogens with two attached hydrogens (primary N) is 1. The van der Waals surface area contributed by atoms with Gasteiger partial charge in [0, 0.05) is 19.4 Å². The number of aromatic nitrogens is 1. The van der Waals surface area contributed by atoms with Crippen molar-refractivity contribution in [1.29, 1.82) is 0 Å². The van der Waals surface area contributed by atoms with E-state index in [1.54, 1.807) is 18.3 Å². The summed E-state index contributed by atoms with van der Waals surface area (Å²) in [6.45, 7) is 0.961. The molecule has 1 aromatic rings. The van der Waals surface area contributed by atoms with Crippen LogP contribution in [0.1, 0.15) is 12.8 Å². The SMILES string of the molecule is NC(=S)C1(C(=O)Nc2ncccc2Br)CCOCC1. The Hall–Kier alpha value is -1.05. The fourth-order valence-corrected chi connectivity index (χ4v) is 2.66. The van der Waals surface area contributed by atoms with Gasteiger partial charge < -0.3 is 15.8 Å². The number of thiocarbonyl (C=S) groups is 1. The van der Waals surface area contributed by atoms with Gasteiger partial charge in [-0.05, 0) is 40.9 Å². The van der Waals surface area contributed by atoms with Crippen LogP contribution in [0.4, 0.5) is 5.82 Å². The lowest BCUT2D eigenvalue weighted by Crippen LogP contribution is -2.49. The van der Waals surface area contributed by atoms with Crippen LogP contribution in [-0.2, 0) is 9.53 Å². The van der Waals surface area contributed by atoms with Gasteiger partial charge in [0.25, 0.3) is 0 Å². The molecule has 0 saturated carbocycles. The number of pyridine rings is 1. The highest BCUT2D eigenvalue weighted by atomic mass is 79.9. The van der Waals surface area contributed by atoms with Crippen molar-refractivity contribution in [2.45, 2.75) is 12.8 Å². The molecule has 1 fully saturated rings. The molecule has 7 heteroatoms. The molecule has 102 valence electrons. The van der Waals surface area contributed by atoms with Gasteiger partial charge in [0.1, 0.15) is 11.2 Å². The van der Waals surface area contributed by atoms with Crippen LogP contribution < -0.4 is 11.1 Å². The minimum atomic E-state index is -0.843. The fraction of sp³-hybridized carbons (Fsp3) is 0.417. The molecule has 0 bridgehead atoms. The summed E-state index contributed by atoms with van der Waals surface area (Å²) >= 11 is 8.42. The van der Waals surface area contributed by atoms with Gasteiger partial charge in [0.2, 0.25) is 5.91 Å². The van der Waals surface area contributed by atoms with E-state index in [1.807, 2.05) is 0 Å². The third kappa shape index (κ3) is 2.93. The van der Waals surface area contributed by atoms with Crippen molar-refractivity contribution < 1.29 is 9.53 Å². The molecule has 0 aliphatic carbocycles. The van der Waals surface area contributed by atoms with E-state index >= 15 is 0 Å². The highest BCUT2D eigenvalue weighted by Crippen LogP contribution is 2.33. The highest BCUT2D eigenvalue weighted by Gasteiger charge is 2.43. The standard InChI is InChI=1S/C12H14BrN3O2S/c13-8-2-1-5-15-9(8)16-11(17)12(10(14)19)3-6-18-7-4-12/h1-2,5H,3-4,6-7H2,(H2,14,19)(H,15,16,17). The Kier molecular flexibility index (Phi) is 4.49. The monoisotopic (exact) mass is 343 g/mol. The Morgan fingerprint density at radius 1 is 1.53 bits per heavy atom. The summed E-state index contributed by atoms with van der Waals surface area (Å²) in [6.07, 6.45) is 2.61. The Morgan fingerprint density at radius 2 is 2.21 bits per heavy atom. The minimum absolute atomic E-state index is 0.209. The molecule has 1 amide bonds. The lowest BCUT2D eigenvalue weighted by Gasteiger charge is -2.34. The molecule has 0 atom stereocenters. The van der Waals surface area contributed by atoms with Crippen molar-refractivity contribution in [2.75, 3.05) is 18.5 Å². The molecule has 0 unspecified atom stereocenters. The summed E-state index contributed by atoms with van der Waals surface area (Å²) in [5.74, 6) is 0.248. The zero-order chi connectivity index (χ0) is 13.9. The molecule has 0 radical (unpaired) electrons. The number of halogens is 1. The molecular formula is C12H14BrN3O2S. The number of rotatable bonds is 3. The van der Waals surface area contributed by atoms with Gasteiger partial charge in [-0.1, -0.05) is 12.2 Å². The summed E-state index contributed by atoms with van der Waals surface area (Å²) in [5.41, 5.74) is 4.93. The topological polar surface area (TPSA) is 77.2 Å². The van der Waals surface area contributed by atoms with Crippen molar-refractivity contribution in [3.8, 4) is 0 Å². The molecule has 2 rings (SSSR count). The molecule has 1 saturated heterocycles. The first kappa shape index (κ1) is 14.4. The normalized spacial score (nSPS) is 17.7. The second kappa shape index (κ2) is 5.94. The van der Waals surface area contributed by atoms with Gasteiger partial charge in [-0.25, -0.2) is 4.98 Å². The average molecular weight is 344 g/mol. The quantitative estimate of drug-likeness (QED) is 0.819. The number of hydrogen-bond acceptors (Lipinski definition) is 4. The van der Waals surface area contributed by atoms with E-state index in [-0.39, 0.29) is 10.9 Å². The largest absolute Gasteiger partial charge is 0.392 e. The fourth-order valence-electron chi connectivity index (χ4n) is 2.01. The van der Waals surface area contributed by atoms with Gasteiger partial charge in [0.05, 0.1) is 9.46 Å². The smallest absolute Gasteiger partial charge is 0.238 e. The van der Waals surface area contributed by atoms with E-state index in [0.29, 0.717) is 36.3 Å². The first-order valence-electron chi connectivity index (χ1n) is 5.86. The summed E-state index contributed by atoms with van der Waals surface area (Å²) in [4.78, 5) is 16.8. The number of anilines is 1. The van der Waals surface area contributed by atoms with E-state index in [9.17, 15) is 4.79 Å². The minimum Gasteiger partial charge on any atom is -0.392 e. The number of nitrogens with one attached hydrogen (secondary N) is 1. The van der Waals surface area contributed by atoms with Gasteiger partial charge in [-0.2, -0.15) is 0 Å². The molecule has 5 nitrogen and oxygen atoms in total. The number of carbonyl (C=O) groups excluding carboxylic acids is 1. The molecule has 1 aromatic heterocycles. The van der Waals surface area contributed by atoms with Gasteiger partial charge in [0.15, 0.2) is 0 Å². The van der Waals surface area contributed by atoms with Crippen molar-refractivity contribution in [2.24, 2.45) is 11.1 Å². The summed E-state index contributed by atoms with van der Waals surface area (Å²) in [7, 11) is 0. The zero-order valence-corrected chi connectivity index (χ0v) is 12.6. The molecule has 2 heterocycles. The highest BCUT2D eigenvalue weighted by molar-refractivity contribution is 9.10. The Bertz CT molecular complexity index is 504. The number of ether oxygens (including phenoxy) is 1. The van der Waals surface area contributed by atoms with Crippen molar-refractivity contribution in [1.82, 2.24) is 4.98 Å². The maximum Gasteiger partial charge on any atom is 0.238 e. The third-order valence-electron chi connectivity index (χ3n) is 3.24. The lowest BCUT2D eigenvalue weighted by atomic mass is 9.79. The number of nitrogens with zero attached hydrogens (tertiary/aromatic N) is 1. The van der Waals surface area contributed by atoms with Crippen molar-refractivity contribution >= 4 is 44.9 Å². The zero-order valence-electron chi connectivity index (χ0n) is 10.2. The molecule has 0 spiro atoms. The Morgan fingerprint density at radius 3 is 2.79 bits per heavy atom. The summed E-state index contributed by atoms with van der Waals surface area (Å²) in [6, 6.07) is 3.58. The molecule has 3 N–H and O–H groups in total. The summed E-state index contributed by atoms with van der Waals surface area (Å²) < 4.78 is 6.00. The third-order valence-corrected chi connectivity index (χ3v) is 4.27. The van der Waals surface area contributed by atoms with Gasteiger partial charge in [-0.15, -0.1) is 0 Å². The Labute approximate surface area is 125 Å². The van der Waals surface area contributed by atoms with Crippen LogP contribution in [0.3, 0.4) is 0 Å². The van der Waals surface area contributed by atoms with Gasteiger partial charge in [-0.3, -0.25) is 4.79 Å². The maximum atomic E-state index is 12.5. The second-order valence-electron chi connectivity index (χ2n) is 4.35. The maximum absolute atomic E-state index is 12.5. The molecular weight excluding hydrogens is 330 g/mol. The Balaban J connectivity index is 2.21. The van der Waals surface area contributed by atoms with Crippen LogP contribution in [0.25, 0.3) is 0 Å². The van der Waals surface area contributed by atoms with Crippen LogP contribution in [0.2, 0.25) is 0 Å². The van der Waals surface area contributed by atoms with Gasteiger partial charge >= 0.3 is 0 Å².